The number of thiophene rings is 1. The van der Waals surface area contributed by atoms with Crippen LogP contribution in [0.5, 0.6) is 0 Å². The van der Waals surface area contributed by atoms with Gasteiger partial charge in [-0.3, -0.25) is 14.9 Å². The zero-order chi connectivity index (χ0) is 14.5. The number of aromatic nitrogens is 2. The Balaban J connectivity index is 1.60. The Kier molecular flexibility index (Phi) is 4.95. The summed E-state index contributed by atoms with van der Waals surface area (Å²) in [5.41, 5.74) is 2.15. The Morgan fingerprint density at radius 2 is 2.29 bits per heavy atom. The van der Waals surface area contributed by atoms with Crippen LogP contribution < -0.4 is 0 Å². The summed E-state index contributed by atoms with van der Waals surface area (Å²) >= 11 is 1.83. The number of aryl methyl sites for hydroxylation is 2. The summed E-state index contributed by atoms with van der Waals surface area (Å²) < 4.78 is 5.68. The highest BCUT2D eigenvalue weighted by Gasteiger charge is 2.23. The summed E-state index contributed by atoms with van der Waals surface area (Å²) in [5.74, 6) is 0. The number of hydrogen-bond acceptors (Lipinski definition) is 5. The maximum atomic E-state index is 5.68. The summed E-state index contributed by atoms with van der Waals surface area (Å²) in [5, 5.41) is 2.15. The van der Waals surface area contributed by atoms with Crippen molar-refractivity contribution in [2.45, 2.75) is 32.4 Å². The Morgan fingerprint density at radius 1 is 1.38 bits per heavy atom. The molecule has 5 heteroatoms. The zero-order valence-electron chi connectivity index (χ0n) is 12.4. The van der Waals surface area contributed by atoms with Gasteiger partial charge in [0.15, 0.2) is 0 Å². The molecule has 0 amide bonds. The molecule has 3 heterocycles. The predicted molar refractivity (Wildman–Crippen MR) is 84.4 cm³/mol. The van der Waals surface area contributed by atoms with Crippen LogP contribution in [0.1, 0.15) is 22.7 Å². The van der Waals surface area contributed by atoms with Gasteiger partial charge in [0, 0.05) is 36.4 Å². The molecule has 0 spiro atoms. The molecule has 0 N–H and O–H groups in total. The average Bonchev–Trinajstić information content (AvgIpc) is 3.01. The van der Waals surface area contributed by atoms with Crippen molar-refractivity contribution in [1.29, 1.82) is 0 Å². The number of ether oxygens (including phenoxy) is 1. The van der Waals surface area contributed by atoms with Crippen LogP contribution in [0, 0.1) is 6.92 Å². The summed E-state index contributed by atoms with van der Waals surface area (Å²) in [4.78, 5) is 12.7. The lowest BCUT2D eigenvalue weighted by Gasteiger charge is -2.35. The molecule has 1 atom stereocenters. The van der Waals surface area contributed by atoms with Crippen molar-refractivity contribution in [3.8, 4) is 0 Å². The quantitative estimate of drug-likeness (QED) is 0.851. The molecular formula is C16H21N3OS. The Hall–Kier alpha value is -1.30. The first-order valence-electron chi connectivity index (χ1n) is 7.43. The summed E-state index contributed by atoms with van der Waals surface area (Å²) in [7, 11) is 0. The highest BCUT2D eigenvalue weighted by Crippen LogP contribution is 2.19. The largest absolute Gasteiger partial charge is 0.378 e. The molecule has 0 bridgehead atoms. The van der Waals surface area contributed by atoms with Crippen molar-refractivity contribution < 1.29 is 4.74 Å². The minimum atomic E-state index is 0.474. The standard InChI is InChI=1S/C16H21N3OS/c1-13-16(18-7-6-17-13)5-4-14-12-20-9-8-19(14)11-15-3-2-10-21-15/h2-3,6-7,10,14H,4-5,8-9,11-12H2,1H3. The monoisotopic (exact) mass is 303 g/mol. The van der Waals surface area contributed by atoms with Gasteiger partial charge < -0.3 is 4.74 Å². The SMILES string of the molecule is Cc1nccnc1CCC1COCCN1Cc1cccs1. The van der Waals surface area contributed by atoms with Crippen molar-refractivity contribution in [3.63, 3.8) is 0 Å². The second-order valence-corrected chi connectivity index (χ2v) is 6.44. The van der Waals surface area contributed by atoms with Crippen molar-refractivity contribution >= 4 is 11.3 Å². The molecule has 0 saturated carbocycles. The van der Waals surface area contributed by atoms with E-state index in [0.29, 0.717) is 6.04 Å². The van der Waals surface area contributed by atoms with Gasteiger partial charge in [0.25, 0.3) is 0 Å². The molecule has 1 fully saturated rings. The highest BCUT2D eigenvalue weighted by molar-refractivity contribution is 7.09. The second kappa shape index (κ2) is 7.11. The number of rotatable bonds is 5. The maximum Gasteiger partial charge on any atom is 0.0622 e. The van der Waals surface area contributed by atoms with E-state index in [9.17, 15) is 0 Å². The third-order valence-electron chi connectivity index (χ3n) is 3.99. The maximum absolute atomic E-state index is 5.68. The van der Waals surface area contributed by atoms with E-state index >= 15 is 0 Å². The Labute approximate surface area is 129 Å². The molecule has 1 aliphatic heterocycles. The van der Waals surface area contributed by atoms with E-state index in [0.717, 1.165) is 50.5 Å². The van der Waals surface area contributed by atoms with E-state index < -0.39 is 0 Å². The third-order valence-corrected chi connectivity index (χ3v) is 4.85. The fourth-order valence-corrected chi connectivity index (χ4v) is 3.48. The average molecular weight is 303 g/mol. The van der Waals surface area contributed by atoms with Crippen molar-refractivity contribution in [2.24, 2.45) is 0 Å². The van der Waals surface area contributed by atoms with Gasteiger partial charge in [-0.1, -0.05) is 6.07 Å². The summed E-state index contributed by atoms with van der Waals surface area (Å²) in [6.45, 7) is 5.74. The topological polar surface area (TPSA) is 38.3 Å². The van der Waals surface area contributed by atoms with Crippen molar-refractivity contribution in [3.05, 3.63) is 46.2 Å². The van der Waals surface area contributed by atoms with Gasteiger partial charge >= 0.3 is 0 Å². The van der Waals surface area contributed by atoms with E-state index in [1.165, 1.54) is 4.88 Å². The molecule has 2 aromatic heterocycles. The Bertz CT molecular complexity index is 558. The van der Waals surface area contributed by atoms with Crippen LogP contribution in [0.2, 0.25) is 0 Å². The van der Waals surface area contributed by atoms with Gasteiger partial charge in [0.2, 0.25) is 0 Å². The smallest absolute Gasteiger partial charge is 0.0622 e. The lowest BCUT2D eigenvalue weighted by Crippen LogP contribution is -2.45. The van der Waals surface area contributed by atoms with Crippen LogP contribution >= 0.6 is 11.3 Å². The van der Waals surface area contributed by atoms with Gasteiger partial charge in [0.1, 0.15) is 0 Å². The zero-order valence-corrected chi connectivity index (χ0v) is 13.2. The van der Waals surface area contributed by atoms with Crippen LogP contribution in [0.25, 0.3) is 0 Å². The van der Waals surface area contributed by atoms with Crippen LogP contribution in [-0.4, -0.2) is 40.7 Å². The van der Waals surface area contributed by atoms with E-state index in [4.69, 9.17) is 4.74 Å². The minimum Gasteiger partial charge on any atom is -0.378 e. The normalized spacial score (nSPS) is 19.8. The molecule has 1 aliphatic rings. The van der Waals surface area contributed by atoms with Gasteiger partial charge in [-0.2, -0.15) is 0 Å². The molecule has 0 aromatic carbocycles. The lowest BCUT2D eigenvalue weighted by atomic mass is 10.1. The van der Waals surface area contributed by atoms with Crippen molar-refractivity contribution in [2.75, 3.05) is 19.8 Å². The van der Waals surface area contributed by atoms with Crippen LogP contribution in [0.3, 0.4) is 0 Å². The first-order valence-corrected chi connectivity index (χ1v) is 8.31. The molecule has 1 saturated heterocycles. The predicted octanol–water partition coefficient (Wildman–Crippen LogP) is 2.68. The molecular weight excluding hydrogens is 282 g/mol. The number of nitrogens with zero attached hydrogens (tertiary/aromatic N) is 3. The number of morpholine rings is 1. The third kappa shape index (κ3) is 3.87. The Morgan fingerprint density at radius 3 is 3.10 bits per heavy atom. The summed E-state index contributed by atoms with van der Waals surface area (Å²) in [6.07, 6.45) is 5.58. The molecule has 21 heavy (non-hydrogen) atoms. The first-order chi connectivity index (χ1) is 10.3. The van der Waals surface area contributed by atoms with Gasteiger partial charge in [-0.25, -0.2) is 0 Å². The van der Waals surface area contributed by atoms with Gasteiger partial charge in [-0.15, -0.1) is 11.3 Å². The fraction of sp³-hybridized carbons (Fsp3) is 0.500. The van der Waals surface area contributed by atoms with E-state index in [1.807, 2.05) is 18.3 Å². The van der Waals surface area contributed by atoms with Gasteiger partial charge in [-0.05, 0) is 31.2 Å². The van der Waals surface area contributed by atoms with Crippen LogP contribution in [0.15, 0.2) is 29.9 Å². The minimum absolute atomic E-state index is 0.474. The first kappa shape index (κ1) is 14.6. The van der Waals surface area contributed by atoms with Gasteiger partial charge in [0.05, 0.1) is 24.6 Å². The highest BCUT2D eigenvalue weighted by atomic mass is 32.1. The molecule has 1 unspecified atom stereocenters. The van der Waals surface area contributed by atoms with E-state index in [1.54, 1.807) is 12.4 Å². The van der Waals surface area contributed by atoms with Crippen molar-refractivity contribution in [1.82, 2.24) is 14.9 Å². The second-order valence-electron chi connectivity index (χ2n) is 5.41. The van der Waals surface area contributed by atoms with Crippen LogP contribution in [0.4, 0.5) is 0 Å². The van der Waals surface area contributed by atoms with E-state index in [2.05, 4.69) is 32.4 Å². The summed E-state index contributed by atoms with van der Waals surface area (Å²) in [6, 6.07) is 4.81. The molecule has 0 radical (unpaired) electrons. The van der Waals surface area contributed by atoms with Crippen LogP contribution in [-0.2, 0) is 17.7 Å². The molecule has 3 rings (SSSR count). The molecule has 4 nitrogen and oxygen atoms in total. The number of hydrogen-bond donors (Lipinski definition) is 0. The molecule has 112 valence electrons. The molecule has 0 aliphatic carbocycles. The van der Waals surface area contributed by atoms with E-state index in [-0.39, 0.29) is 0 Å². The lowest BCUT2D eigenvalue weighted by molar-refractivity contribution is -0.0139. The fourth-order valence-electron chi connectivity index (χ4n) is 2.75. The molecule has 2 aromatic rings.